The first-order valence-electron chi connectivity index (χ1n) is 11.6. The molecular formula is C26H30N4O4S. The van der Waals surface area contributed by atoms with E-state index in [1.807, 2.05) is 30.3 Å². The van der Waals surface area contributed by atoms with Crippen molar-refractivity contribution < 1.29 is 18.3 Å². The summed E-state index contributed by atoms with van der Waals surface area (Å²) in [4.78, 5) is 20.4. The van der Waals surface area contributed by atoms with Crippen LogP contribution in [0, 0.1) is 5.92 Å². The molecule has 3 aromatic rings. The highest BCUT2D eigenvalue weighted by atomic mass is 32.2. The topological polar surface area (TPSA) is 103 Å². The number of pyridine rings is 1. The zero-order chi connectivity index (χ0) is 25.0. The van der Waals surface area contributed by atoms with Gasteiger partial charge in [0.05, 0.1) is 21.8 Å². The van der Waals surface area contributed by atoms with E-state index in [9.17, 15) is 18.3 Å². The van der Waals surface area contributed by atoms with Gasteiger partial charge in [-0.3, -0.25) is 4.72 Å². The third-order valence-corrected chi connectivity index (χ3v) is 7.34. The summed E-state index contributed by atoms with van der Waals surface area (Å²) in [7, 11) is -3.91. The molecule has 2 N–H and O–H groups in total. The van der Waals surface area contributed by atoms with Crippen molar-refractivity contribution in [3.05, 3.63) is 78.0 Å². The first-order valence-corrected chi connectivity index (χ1v) is 13.1. The highest BCUT2D eigenvalue weighted by molar-refractivity contribution is 7.92. The highest BCUT2D eigenvalue weighted by Gasteiger charge is 2.24. The number of piperazine rings is 1. The Morgan fingerprint density at radius 2 is 1.69 bits per heavy atom. The van der Waals surface area contributed by atoms with Crippen molar-refractivity contribution in [3.8, 4) is 0 Å². The Morgan fingerprint density at radius 3 is 2.29 bits per heavy atom. The minimum Gasteiger partial charge on any atom is -0.478 e. The van der Waals surface area contributed by atoms with E-state index in [0.29, 0.717) is 37.8 Å². The number of nitrogens with zero attached hydrogens (tertiary/aromatic N) is 3. The highest BCUT2D eigenvalue weighted by Crippen LogP contribution is 2.31. The first kappa shape index (κ1) is 24.5. The molecule has 0 unspecified atom stereocenters. The summed E-state index contributed by atoms with van der Waals surface area (Å²) in [5.74, 6) is 0.250. The Labute approximate surface area is 206 Å². The van der Waals surface area contributed by atoms with Gasteiger partial charge in [-0.2, -0.15) is 0 Å². The lowest BCUT2D eigenvalue weighted by Gasteiger charge is -2.37. The van der Waals surface area contributed by atoms with Gasteiger partial charge in [0.25, 0.3) is 10.0 Å². The third kappa shape index (κ3) is 5.92. The van der Waals surface area contributed by atoms with Crippen LogP contribution in [0.5, 0.6) is 0 Å². The first-order chi connectivity index (χ1) is 16.7. The standard InChI is InChI=1S/C26H30N4O4S/c1-19(2)17-20-6-9-22(10-7-20)35(33,34)28-23-18-21(26(31)32)8-11-24(23)29-13-15-30(16-14-29)25-5-3-4-12-27-25/h3-12,18-19,28H,13-17H2,1-2H3,(H,31,32). The number of carbonyl (C=O) groups is 1. The van der Waals surface area contributed by atoms with Crippen LogP contribution in [-0.4, -0.2) is 50.7 Å². The summed E-state index contributed by atoms with van der Waals surface area (Å²) in [6, 6.07) is 17.2. The molecule has 4 rings (SSSR count). The summed E-state index contributed by atoms with van der Waals surface area (Å²) in [5.41, 5.74) is 1.99. The van der Waals surface area contributed by atoms with Gasteiger partial charge in [0, 0.05) is 32.4 Å². The van der Waals surface area contributed by atoms with Crippen molar-refractivity contribution in [3.63, 3.8) is 0 Å². The maximum absolute atomic E-state index is 13.2. The quantitative estimate of drug-likeness (QED) is 0.486. The predicted octanol–water partition coefficient (Wildman–Crippen LogP) is 4.11. The van der Waals surface area contributed by atoms with Crippen molar-refractivity contribution >= 4 is 33.2 Å². The summed E-state index contributed by atoms with van der Waals surface area (Å²) in [5, 5.41) is 9.48. The van der Waals surface area contributed by atoms with Gasteiger partial charge in [0.2, 0.25) is 0 Å². The lowest BCUT2D eigenvalue weighted by atomic mass is 10.0. The van der Waals surface area contributed by atoms with Gasteiger partial charge >= 0.3 is 5.97 Å². The summed E-state index contributed by atoms with van der Waals surface area (Å²) < 4.78 is 29.0. The number of carboxylic acid groups (broad SMARTS) is 1. The number of sulfonamides is 1. The van der Waals surface area contributed by atoms with Gasteiger partial charge in [-0.25, -0.2) is 18.2 Å². The largest absolute Gasteiger partial charge is 0.478 e. The number of aromatic carboxylic acids is 1. The number of benzene rings is 2. The maximum Gasteiger partial charge on any atom is 0.335 e. The zero-order valence-electron chi connectivity index (χ0n) is 19.9. The van der Waals surface area contributed by atoms with Gasteiger partial charge in [-0.1, -0.05) is 32.0 Å². The molecule has 35 heavy (non-hydrogen) atoms. The molecule has 0 aliphatic carbocycles. The molecule has 0 atom stereocenters. The minimum absolute atomic E-state index is 0.0193. The fraction of sp³-hybridized carbons (Fsp3) is 0.308. The molecule has 0 radical (unpaired) electrons. The van der Waals surface area contributed by atoms with E-state index in [1.54, 1.807) is 24.4 Å². The Morgan fingerprint density at radius 1 is 1.00 bits per heavy atom. The number of carboxylic acids is 1. The lowest BCUT2D eigenvalue weighted by molar-refractivity contribution is 0.0697. The maximum atomic E-state index is 13.2. The average Bonchev–Trinajstić information content (AvgIpc) is 2.84. The predicted molar refractivity (Wildman–Crippen MR) is 138 cm³/mol. The van der Waals surface area contributed by atoms with Gasteiger partial charge in [-0.05, 0) is 60.4 Å². The molecule has 2 heterocycles. The average molecular weight is 495 g/mol. The fourth-order valence-corrected chi connectivity index (χ4v) is 5.29. The Bertz CT molecular complexity index is 1270. The minimum atomic E-state index is -3.91. The third-order valence-electron chi connectivity index (χ3n) is 5.96. The molecule has 184 valence electrons. The molecule has 9 heteroatoms. The number of aromatic nitrogens is 1. The van der Waals surface area contributed by atoms with E-state index in [1.165, 1.54) is 12.1 Å². The molecular weight excluding hydrogens is 464 g/mol. The molecule has 1 aliphatic heterocycles. The SMILES string of the molecule is CC(C)Cc1ccc(S(=O)(=O)Nc2cc(C(=O)O)ccc2N2CCN(c3ccccn3)CC2)cc1. The second kappa shape index (κ2) is 10.4. The summed E-state index contributed by atoms with van der Waals surface area (Å²) >= 11 is 0. The van der Waals surface area contributed by atoms with Crippen molar-refractivity contribution in [1.29, 1.82) is 0 Å². The number of nitrogens with one attached hydrogen (secondary N) is 1. The van der Waals surface area contributed by atoms with Gasteiger partial charge in [-0.15, -0.1) is 0 Å². The van der Waals surface area contributed by atoms with Crippen molar-refractivity contribution in [2.75, 3.05) is 40.7 Å². The lowest BCUT2D eigenvalue weighted by Crippen LogP contribution is -2.47. The molecule has 1 saturated heterocycles. The normalized spacial score (nSPS) is 14.3. The Hall–Kier alpha value is -3.59. The molecule has 0 spiro atoms. The zero-order valence-corrected chi connectivity index (χ0v) is 20.7. The molecule has 1 fully saturated rings. The molecule has 8 nitrogen and oxygen atoms in total. The van der Waals surface area contributed by atoms with Crippen LogP contribution in [0.15, 0.2) is 71.8 Å². The molecule has 0 amide bonds. The van der Waals surface area contributed by atoms with E-state index in [2.05, 4.69) is 33.4 Å². The van der Waals surface area contributed by atoms with Gasteiger partial charge < -0.3 is 14.9 Å². The molecule has 1 aliphatic rings. The van der Waals surface area contributed by atoms with E-state index in [4.69, 9.17) is 0 Å². The molecule has 0 saturated carbocycles. The summed E-state index contributed by atoms with van der Waals surface area (Å²) in [6.07, 6.45) is 2.62. The van der Waals surface area contributed by atoms with Crippen LogP contribution in [0.1, 0.15) is 29.8 Å². The van der Waals surface area contributed by atoms with Gasteiger partial charge in [0.1, 0.15) is 5.82 Å². The Kier molecular flexibility index (Phi) is 7.25. The van der Waals surface area contributed by atoms with Crippen molar-refractivity contribution in [2.24, 2.45) is 5.92 Å². The number of hydrogen-bond donors (Lipinski definition) is 2. The van der Waals surface area contributed by atoms with Gasteiger partial charge in [0.15, 0.2) is 0 Å². The fourth-order valence-electron chi connectivity index (χ4n) is 4.22. The van der Waals surface area contributed by atoms with Crippen LogP contribution in [0.3, 0.4) is 0 Å². The van der Waals surface area contributed by atoms with E-state index >= 15 is 0 Å². The van der Waals surface area contributed by atoms with E-state index in [0.717, 1.165) is 17.8 Å². The smallest absolute Gasteiger partial charge is 0.335 e. The number of hydrogen-bond acceptors (Lipinski definition) is 6. The second-order valence-electron chi connectivity index (χ2n) is 9.05. The van der Waals surface area contributed by atoms with Crippen LogP contribution in [0.25, 0.3) is 0 Å². The summed E-state index contributed by atoms with van der Waals surface area (Å²) in [6.45, 7) is 6.92. The van der Waals surface area contributed by atoms with Crippen LogP contribution in [-0.2, 0) is 16.4 Å². The van der Waals surface area contributed by atoms with Crippen LogP contribution >= 0.6 is 0 Å². The number of anilines is 3. The molecule has 1 aromatic heterocycles. The Balaban J connectivity index is 1.57. The second-order valence-corrected chi connectivity index (χ2v) is 10.7. The van der Waals surface area contributed by atoms with Crippen LogP contribution in [0.4, 0.5) is 17.2 Å². The van der Waals surface area contributed by atoms with E-state index in [-0.39, 0.29) is 16.1 Å². The van der Waals surface area contributed by atoms with Crippen LogP contribution in [0.2, 0.25) is 0 Å². The van der Waals surface area contributed by atoms with Crippen LogP contribution < -0.4 is 14.5 Å². The van der Waals surface area contributed by atoms with Crippen molar-refractivity contribution in [1.82, 2.24) is 4.98 Å². The van der Waals surface area contributed by atoms with Crippen molar-refractivity contribution in [2.45, 2.75) is 25.2 Å². The number of rotatable bonds is 8. The molecule has 2 aromatic carbocycles. The monoisotopic (exact) mass is 494 g/mol. The van der Waals surface area contributed by atoms with E-state index < -0.39 is 16.0 Å². The molecule has 0 bridgehead atoms.